The molecule has 0 bridgehead atoms. The lowest BCUT2D eigenvalue weighted by Crippen LogP contribution is -2.44. The van der Waals surface area contributed by atoms with Crippen molar-refractivity contribution in [1.29, 1.82) is 0 Å². The summed E-state index contributed by atoms with van der Waals surface area (Å²) in [4.78, 5) is 11.6. The summed E-state index contributed by atoms with van der Waals surface area (Å²) in [5, 5.41) is 10.3. The molecule has 96 valence electrons. The average Bonchev–Trinajstić information content (AvgIpc) is 2.58. The Morgan fingerprint density at radius 1 is 1.56 bits per heavy atom. The number of hydrogen-bond donors (Lipinski definition) is 1. The second-order valence-corrected chi connectivity index (χ2v) is 5.84. The zero-order chi connectivity index (χ0) is 13.1. The summed E-state index contributed by atoms with van der Waals surface area (Å²) < 4.78 is 5.28. The molecule has 1 heterocycles. The van der Waals surface area contributed by atoms with Crippen LogP contribution in [0.2, 0.25) is 0 Å². The monoisotopic (exact) mass is 246 g/mol. The van der Waals surface area contributed by atoms with E-state index in [-0.39, 0.29) is 23.4 Å². The first-order valence-electron chi connectivity index (χ1n) is 6.44. The molecule has 3 rings (SSSR count). The second-order valence-electron chi connectivity index (χ2n) is 5.84. The van der Waals surface area contributed by atoms with E-state index in [0.29, 0.717) is 11.3 Å². The Morgan fingerprint density at radius 2 is 2.28 bits per heavy atom. The number of allylic oxidation sites excluding steroid dienone is 2. The van der Waals surface area contributed by atoms with Crippen molar-refractivity contribution in [1.82, 2.24) is 0 Å². The van der Waals surface area contributed by atoms with Crippen LogP contribution in [0.1, 0.15) is 33.1 Å². The number of rotatable bonds is 0. The Morgan fingerprint density at radius 3 is 3.00 bits per heavy atom. The molecule has 3 heteroatoms. The van der Waals surface area contributed by atoms with Crippen LogP contribution < -0.4 is 0 Å². The van der Waals surface area contributed by atoms with E-state index in [2.05, 4.69) is 6.58 Å². The molecule has 0 radical (unpaired) electrons. The molecule has 18 heavy (non-hydrogen) atoms. The molecule has 3 atom stereocenters. The van der Waals surface area contributed by atoms with E-state index >= 15 is 0 Å². The van der Waals surface area contributed by atoms with Gasteiger partial charge in [0.1, 0.15) is 5.76 Å². The van der Waals surface area contributed by atoms with Gasteiger partial charge in [-0.25, -0.2) is 4.79 Å². The van der Waals surface area contributed by atoms with Crippen LogP contribution in [0.4, 0.5) is 0 Å². The van der Waals surface area contributed by atoms with Gasteiger partial charge in [-0.15, -0.1) is 0 Å². The van der Waals surface area contributed by atoms with E-state index in [4.69, 9.17) is 4.74 Å². The maximum Gasteiger partial charge on any atom is 0.339 e. The van der Waals surface area contributed by atoms with Crippen LogP contribution in [0, 0.1) is 11.3 Å². The Hall–Kier alpha value is -1.35. The lowest BCUT2D eigenvalue weighted by Gasteiger charge is -2.47. The first-order valence-corrected chi connectivity index (χ1v) is 6.44. The lowest BCUT2D eigenvalue weighted by atomic mass is 9.59. The molecular weight excluding hydrogens is 228 g/mol. The number of ether oxygens (including phenoxy) is 1. The molecule has 3 nitrogen and oxygen atoms in total. The number of carbonyl (C=O) groups is 1. The minimum atomic E-state index is -0.387. The van der Waals surface area contributed by atoms with Crippen LogP contribution in [-0.4, -0.2) is 17.2 Å². The third kappa shape index (κ3) is 1.37. The predicted molar refractivity (Wildman–Crippen MR) is 67.5 cm³/mol. The maximum absolute atomic E-state index is 11.6. The zero-order valence-electron chi connectivity index (χ0n) is 10.8. The summed E-state index contributed by atoms with van der Waals surface area (Å²) in [7, 11) is 0. The molecule has 2 aliphatic carbocycles. The molecule has 0 amide bonds. The molecule has 0 saturated heterocycles. The first-order chi connectivity index (χ1) is 8.43. The average molecular weight is 246 g/mol. The van der Waals surface area contributed by atoms with E-state index in [0.717, 1.165) is 24.8 Å². The quantitative estimate of drug-likeness (QED) is 0.527. The Kier molecular flexibility index (Phi) is 2.33. The molecule has 3 aliphatic rings. The maximum atomic E-state index is 11.6. The molecular formula is C15H18O3. The van der Waals surface area contributed by atoms with Crippen molar-refractivity contribution in [3.8, 4) is 0 Å². The standard InChI is InChI=1S/C15H18O3/c1-8-4-5-13(16)15(3)7-12-10(6-11(8)15)9(2)14(17)18-12/h7,11,13,16H,1,4-6H2,2-3H3/t11-,13+,15-/m0/s1. The molecule has 0 aromatic heterocycles. The molecule has 1 N–H and O–H groups in total. The number of hydrogen-bond acceptors (Lipinski definition) is 3. The van der Waals surface area contributed by atoms with Gasteiger partial charge in [-0.3, -0.25) is 0 Å². The van der Waals surface area contributed by atoms with E-state index in [9.17, 15) is 9.90 Å². The summed E-state index contributed by atoms with van der Waals surface area (Å²) in [5.74, 6) is 0.619. The number of carbonyl (C=O) groups excluding carboxylic acids is 1. The molecule has 0 spiro atoms. The predicted octanol–water partition coefficient (Wildman–Crippen LogP) is 2.48. The Labute approximate surface area is 107 Å². The van der Waals surface area contributed by atoms with Crippen molar-refractivity contribution in [2.75, 3.05) is 0 Å². The second kappa shape index (κ2) is 3.58. The van der Waals surface area contributed by atoms with E-state index in [1.54, 1.807) is 0 Å². The fourth-order valence-electron chi connectivity index (χ4n) is 3.44. The van der Waals surface area contributed by atoms with Crippen LogP contribution in [-0.2, 0) is 9.53 Å². The van der Waals surface area contributed by atoms with Gasteiger partial charge in [0, 0.05) is 16.6 Å². The van der Waals surface area contributed by atoms with Gasteiger partial charge in [0.15, 0.2) is 0 Å². The molecule has 0 unspecified atom stereocenters. The Bertz CT molecular complexity index is 512. The van der Waals surface area contributed by atoms with Crippen LogP contribution in [0.25, 0.3) is 0 Å². The number of esters is 1. The topological polar surface area (TPSA) is 46.5 Å². The van der Waals surface area contributed by atoms with Gasteiger partial charge < -0.3 is 9.84 Å². The van der Waals surface area contributed by atoms with Crippen molar-refractivity contribution >= 4 is 5.97 Å². The minimum Gasteiger partial charge on any atom is -0.423 e. The minimum absolute atomic E-state index is 0.212. The van der Waals surface area contributed by atoms with Gasteiger partial charge in [-0.05, 0) is 38.2 Å². The number of aliphatic hydroxyl groups excluding tert-OH is 1. The van der Waals surface area contributed by atoms with Crippen molar-refractivity contribution in [3.63, 3.8) is 0 Å². The van der Waals surface area contributed by atoms with Crippen LogP contribution in [0.15, 0.2) is 35.1 Å². The molecule has 1 saturated carbocycles. The first kappa shape index (κ1) is 11.7. The van der Waals surface area contributed by atoms with E-state index < -0.39 is 0 Å². The molecule has 0 aromatic rings. The van der Waals surface area contributed by atoms with Crippen LogP contribution >= 0.6 is 0 Å². The SMILES string of the molecule is C=C1CC[C@@H](O)[C@@]2(C)C=C3OC(=O)C(C)=C3C[C@@H]12. The van der Waals surface area contributed by atoms with Crippen LogP contribution in [0.5, 0.6) is 0 Å². The third-order valence-electron chi connectivity index (χ3n) is 4.81. The Balaban J connectivity index is 2.12. The van der Waals surface area contributed by atoms with Crippen molar-refractivity contribution in [2.24, 2.45) is 11.3 Å². The van der Waals surface area contributed by atoms with Gasteiger partial charge in [-0.1, -0.05) is 19.1 Å². The third-order valence-corrected chi connectivity index (χ3v) is 4.81. The smallest absolute Gasteiger partial charge is 0.339 e. The number of fused-ring (bicyclic) bond motifs is 2. The van der Waals surface area contributed by atoms with E-state index in [1.807, 2.05) is 19.9 Å². The van der Waals surface area contributed by atoms with Crippen LogP contribution in [0.3, 0.4) is 0 Å². The van der Waals surface area contributed by atoms with Gasteiger partial charge in [-0.2, -0.15) is 0 Å². The largest absolute Gasteiger partial charge is 0.423 e. The normalized spacial score (nSPS) is 39.2. The number of aliphatic hydroxyl groups is 1. The summed E-state index contributed by atoms with van der Waals surface area (Å²) in [5.41, 5.74) is 2.53. The highest BCUT2D eigenvalue weighted by atomic mass is 16.5. The van der Waals surface area contributed by atoms with Gasteiger partial charge in [0.25, 0.3) is 0 Å². The summed E-state index contributed by atoms with van der Waals surface area (Å²) in [6.45, 7) is 8.00. The van der Waals surface area contributed by atoms with E-state index in [1.165, 1.54) is 5.57 Å². The van der Waals surface area contributed by atoms with Crippen molar-refractivity contribution in [2.45, 2.75) is 39.2 Å². The van der Waals surface area contributed by atoms with Gasteiger partial charge in [0.05, 0.1) is 6.10 Å². The fourth-order valence-corrected chi connectivity index (χ4v) is 3.44. The highest BCUT2D eigenvalue weighted by Gasteiger charge is 2.49. The summed E-state index contributed by atoms with van der Waals surface area (Å²) in [6.07, 6.45) is 3.92. The fraction of sp³-hybridized carbons (Fsp3) is 0.533. The lowest BCUT2D eigenvalue weighted by molar-refractivity contribution is -0.133. The van der Waals surface area contributed by atoms with Gasteiger partial charge in [0.2, 0.25) is 0 Å². The molecule has 1 aliphatic heterocycles. The zero-order valence-corrected chi connectivity index (χ0v) is 10.8. The van der Waals surface area contributed by atoms with Gasteiger partial charge >= 0.3 is 5.97 Å². The highest BCUT2D eigenvalue weighted by molar-refractivity contribution is 5.94. The highest BCUT2D eigenvalue weighted by Crippen LogP contribution is 2.53. The summed E-state index contributed by atoms with van der Waals surface area (Å²) >= 11 is 0. The van der Waals surface area contributed by atoms with Crippen molar-refractivity contribution < 1.29 is 14.6 Å². The molecule has 1 fully saturated rings. The van der Waals surface area contributed by atoms with Crippen molar-refractivity contribution in [3.05, 3.63) is 35.1 Å². The molecule has 0 aromatic carbocycles. The summed E-state index contributed by atoms with van der Waals surface area (Å²) in [6, 6.07) is 0.